The fraction of sp³-hybridized carbons (Fsp3) is 0.105. The normalized spacial score (nSPS) is 12.2. The average Bonchev–Trinajstić information content (AvgIpc) is 2.59. The van der Waals surface area contributed by atoms with Gasteiger partial charge in [0.25, 0.3) is 0 Å². The highest BCUT2D eigenvalue weighted by Crippen LogP contribution is 2.37. The minimum Gasteiger partial charge on any atom is -0.422 e. The summed E-state index contributed by atoms with van der Waals surface area (Å²) >= 11 is 0. The summed E-state index contributed by atoms with van der Waals surface area (Å²) in [4.78, 5) is 37.6. The quantitative estimate of drug-likeness (QED) is 0.456. The number of carbonyl (C=O) groups excluding carboxylic acids is 3. The summed E-state index contributed by atoms with van der Waals surface area (Å²) < 4.78 is 5.27. The number of nitrogens with one attached hydrogen (secondary N) is 1. The highest BCUT2D eigenvalue weighted by atomic mass is 16.5. The molecular weight excluding hydrogens is 306 g/mol. The Morgan fingerprint density at radius 2 is 1.58 bits per heavy atom. The second-order valence-electron chi connectivity index (χ2n) is 5.48. The third-order valence-corrected chi connectivity index (χ3v) is 3.86. The van der Waals surface area contributed by atoms with E-state index in [9.17, 15) is 14.4 Å². The molecule has 0 radical (unpaired) electrons. The van der Waals surface area contributed by atoms with Gasteiger partial charge in [-0.15, -0.1) is 0 Å². The zero-order valence-electron chi connectivity index (χ0n) is 13.3. The molecule has 0 aromatic heterocycles. The van der Waals surface area contributed by atoms with Gasteiger partial charge in [-0.2, -0.15) is 0 Å². The standard InChI is InChI=1S/C19H15NO4/c1-10(2)19(23)24-14-9-8-13(20-3)15-16(14)18(22)12-7-5-4-6-11(12)17(15)21/h4-9,20H,1H2,2-3H3. The van der Waals surface area contributed by atoms with E-state index in [4.69, 9.17) is 4.74 Å². The van der Waals surface area contributed by atoms with Crippen molar-refractivity contribution < 1.29 is 19.1 Å². The van der Waals surface area contributed by atoms with Crippen LogP contribution in [0.4, 0.5) is 5.69 Å². The van der Waals surface area contributed by atoms with E-state index < -0.39 is 5.97 Å². The Kier molecular flexibility index (Phi) is 3.77. The Bertz CT molecular complexity index is 912. The maximum Gasteiger partial charge on any atom is 0.338 e. The number of hydrogen-bond donors (Lipinski definition) is 1. The minimum atomic E-state index is -0.645. The maximum atomic E-state index is 12.9. The van der Waals surface area contributed by atoms with Crippen molar-refractivity contribution in [3.8, 4) is 5.75 Å². The number of esters is 1. The SMILES string of the molecule is C=C(C)C(=O)Oc1ccc(NC)c2c1C(=O)c1ccccc1C2=O. The van der Waals surface area contributed by atoms with Crippen LogP contribution >= 0.6 is 0 Å². The largest absolute Gasteiger partial charge is 0.422 e. The van der Waals surface area contributed by atoms with E-state index in [1.807, 2.05) is 0 Å². The molecule has 0 spiro atoms. The summed E-state index contributed by atoms with van der Waals surface area (Å²) in [5.41, 5.74) is 1.67. The van der Waals surface area contributed by atoms with Crippen LogP contribution in [0.15, 0.2) is 48.6 Å². The van der Waals surface area contributed by atoms with Crippen LogP contribution in [0, 0.1) is 0 Å². The second kappa shape index (κ2) is 5.77. The molecule has 5 heteroatoms. The van der Waals surface area contributed by atoms with E-state index in [-0.39, 0.29) is 34.0 Å². The monoisotopic (exact) mass is 321 g/mol. The molecule has 1 N–H and O–H groups in total. The first kappa shape index (κ1) is 15.7. The van der Waals surface area contributed by atoms with Crippen molar-refractivity contribution in [3.63, 3.8) is 0 Å². The molecule has 0 atom stereocenters. The molecule has 5 nitrogen and oxygen atoms in total. The number of rotatable bonds is 3. The third kappa shape index (κ3) is 2.31. The summed E-state index contributed by atoms with van der Waals surface area (Å²) in [5.74, 6) is -1.21. The molecular formula is C19H15NO4. The molecule has 0 aliphatic heterocycles. The number of fused-ring (bicyclic) bond motifs is 2. The maximum absolute atomic E-state index is 12.9. The van der Waals surface area contributed by atoms with Gasteiger partial charge in [0, 0.05) is 29.4 Å². The number of carbonyl (C=O) groups is 3. The van der Waals surface area contributed by atoms with Gasteiger partial charge in [0.05, 0.1) is 11.1 Å². The van der Waals surface area contributed by atoms with E-state index in [1.54, 1.807) is 37.4 Å². The first-order valence-corrected chi connectivity index (χ1v) is 7.36. The molecule has 0 heterocycles. The predicted molar refractivity (Wildman–Crippen MR) is 89.7 cm³/mol. The predicted octanol–water partition coefficient (Wildman–Crippen LogP) is 2.99. The van der Waals surface area contributed by atoms with Gasteiger partial charge in [0.2, 0.25) is 0 Å². The molecule has 2 aromatic carbocycles. The fourth-order valence-electron chi connectivity index (χ4n) is 2.67. The van der Waals surface area contributed by atoms with Crippen LogP contribution in [0.2, 0.25) is 0 Å². The zero-order chi connectivity index (χ0) is 17.4. The molecule has 0 saturated heterocycles. The Hall–Kier alpha value is -3.21. The molecule has 3 rings (SSSR count). The molecule has 120 valence electrons. The Balaban J connectivity index is 2.25. The van der Waals surface area contributed by atoms with Gasteiger partial charge >= 0.3 is 5.97 Å². The van der Waals surface area contributed by atoms with Crippen molar-refractivity contribution in [2.45, 2.75) is 6.92 Å². The van der Waals surface area contributed by atoms with Crippen molar-refractivity contribution >= 4 is 23.2 Å². The number of ether oxygens (including phenoxy) is 1. The summed E-state index contributed by atoms with van der Waals surface area (Å²) in [5, 5.41) is 2.91. The number of hydrogen-bond acceptors (Lipinski definition) is 5. The van der Waals surface area contributed by atoms with Gasteiger partial charge < -0.3 is 10.1 Å². The molecule has 0 bridgehead atoms. The number of ketones is 2. The van der Waals surface area contributed by atoms with E-state index in [2.05, 4.69) is 11.9 Å². The Morgan fingerprint density at radius 3 is 2.12 bits per heavy atom. The Morgan fingerprint density at radius 1 is 1.00 bits per heavy atom. The first-order chi connectivity index (χ1) is 11.5. The van der Waals surface area contributed by atoms with E-state index in [1.165, 1.54) is 13.0 Å². The lowest BCUT2D eigenvalue weighted by molar-refractivity contribution is -0.130. The summed E-state index contributed by atoms with van der Waals surface area (Å²) in [6, 6.07) is 9.72. The van der Waals surface area contributed by atoms with E-state index >= 15 is 0 Å². The van der Waals surface area contributed by atoms with Gasteiger partial charge in [0.15, 0.2) is 11.6 Å². The summed E-state index contributed by atoms with van der Waals surface area (Å²) in [6.07, 6.45) is 0. The van der Waals surface area contributed by atoms with Gasteiger partial charge in [-0.25, -0.2) is 4.79 Å². The van der Waals surface area contributed by atoms with Crippen molar-refractivity contribution in [2.75, 3.05) is 12.4 Å². The van der Waals surface area contributed by atoms with Crippen molar-refractivity contribution in [1.82, 2.24) is 0 Å². The summed E-state index contributed by atoms with van der Waals surface area (Å²) in [6.45, 7) is 5.04. The minimum absolute atomic E-state index is 0.0600. The molecule has 0 unspecified atom stereocenters. The van der Waals surface area contributed by atoms with E-state index in [0.29, 0.717) is 16.8 Å². The lowest BCUT2D eigenvalue weighted by atomic mass is 9.82. The van der Waals surface area contributed by atoms with Crippen LogP contribution in [0.3, 0.4) is 0 Å². The van der Waals surface area contributed by atoms with Gasteiger partial charge in [-0.05, 0) is 19.1 Å². The van der Waals surface area contributed by atoms with Crippen molar-refractivity contribution in [1.29, 1.82) is 0 Å². The lowest BCUT2D eigenvalue weighted by Gasteiger charge is -2.22. The number of benzene rings is 2. The summed E-state index contributed by atoms with van der Waals surface area (Å²) in [7, 11) is 1.66. The zero-order valence-corrected chi connectivity index (χ0v) is 13.3. The van der Waals surface area contributed by atoms with Crippen molar-refractivity contribution in [2.24, 2.45) is 0 Å². The molecule has 0 fully saturated rings. The van der Waals surface area contributed by atoms with Crippen molar-refractivity contribution in [3.05, 3.63) is 70.8 Å². The highest BCUT2D eigenvalue weighted by molar-refractivity contribution is 6.31. The topological polar surface area (TPSA) is 72.5 Å². The van der Waals surface area contributed by atoms with Gasteiger partial charge in [0.1, 0.15) is 5.75 Å². The lowest BCUT2D eigenvalue weighted by Crippen LogP contribution is -2.24. The molecule has 1 aliphatic rings. The molecule has 0 amide bonds. The second-order valence-corrected chi connectivity index (χ2v) is 5.48. The average molecular weight is 321 g/mol. The molecule has 2 aromatic rings. The van der Waals surface area contributed by atoms with Crippen LogP contribution in [-0.4, -0.2) is 24.6 Å². The highest BCUT2D eigenvalue weighted by Gasteiger charge is 2.34. The Labute approximate surface area is 138 Å². The first-order valence-electron chi connectivity index (χ1n) is 7.36. The van der Waals surface area contributed by atoms with Crippen LogP contribution in [0.25, 0.3) is 0 Å². The van der Waals surface area contributed by atoms with Gasteiger partial charge in [-0.1, -0.05) is 30.8 Å². The number of anilines is 1. The van der Waals surface area contributed by atoms with Crippen LogP contribution < -0.4 is 10.1 Å². The van der Waals surface area contributed by atoms with Crippen LogP contribution in [0.1, 0.15) is 38.8 Å². The third-order valence-electron chi connectivity index (χ3n) is 3.86. The molecule has 1 aliphatic carbocycles. The molecule has 0 saturated carbocycles. The van der Waals surface area contributed by atoms with Crippen LogP contribution in [0.5, 0.6) is 5.75 Å². The smallest absolute Gasteiger partial charge is 0.338 e. The fourth-order valence-corrected chi connectivity index (χ4v) is 2.67. The molecule has 24 heavy (non-hydrogen) atoms. The van der Waals surface area contributed by atoms with E-state index in [0.717, 1.165) is 0 Å². The van der Waals surface area contributed by atoms with Crippen LogP contribution in [-0.2, 0) is 4.79 Å². The van der Waals surface area contributed by atoms with Gasteiger partial charge in [-0.3, -0.25) is 9.59 Å².